The number of aliphatic hydroxyl groups is 1. The number of alkyl halides is 2. The molecule has 3 aliphatic heterocycles. The molecule has 40 heavy (non-hydrogen) atoms. The predicted molar refractivity (Wildman–Crippen MR) is 169 cm³/mol. The first-order valence-electron chi connectivity index (χ1n) is 16.0. The zero-order valence-corrected chi connectivity index (χ0v) is 28.1. The van der Waals surface area contributed by atoms with E-state index in [1.807, 2.05) is 13.8 Å². The van der Waals surface area contributed by atoms with Crippen molar-refractivity contribution >= 4 is 34.5 Å². The molecule has 7 nitrogen and oxygen atoms in total. The number of piperidine rings is 2. The number of fused-ring (bicyclic) bond motifs is 1. The highest BCUT2D eigenvalue weighted by atomic mass is 79.9. The van der Waals surface area contributed by atoms with Crippen molar-refractivity contribution in [3.8, 4) is 0 Å². The molecule has 0 radical (unpaired) electrons. The zero-order chi connectivity index (χ0) is 29.7. The molecule has 0 aromatic heterocycles. The number of hydrogen-bond donors (Lipinski definition) is 5. The number of likely N-dealkylation sites (tertiary alicyclic amines) is 1. The standard InChI is InChI=1S/C27H47BrFN5O2.C2H6.CH4S/c1-4-6-18-22-19(5-2)33(27(36)17-13-31-26(28)14(3)24(17)30)12-11-20(22)34(32-18)21-10-9-16(15-7-8-15)23(29)25(21)35;2*1-2/h14-26,31-32,35H,4-13,30H2,1-3H3;1-2H3;2H,1H3. The van der Waals surface area contributed by atoms with E-state index in [1.165, 1.54) is 0 Å². The lowest BCUT2D eigenvalue weighted by molar-refractivity contribution is -0.144. The minimum absolute atomic E-state index is 0.0266. The van der Waals surface area contributed by atoms with Gasteiger partial charge in [0.05, 0.1) is 16.9 Å². The zero-order valence-electron chi connectivity index (χ0n) is 25.6. The quantitative estimate of drug-likeness (QED) is 0.167. The average molecular weight is 651 g/mol. The Kier molecular flexibility index (Phi) is 13.5. The van der Waals surface area contributed by atoms with E-state index in [9.17, 15) is 9.90 Å². The molecule has 0 bridgehead atoms. The Balaban J connectivity index is 0.00000106. The van der Waals surface area contributed by atoms with Crippen LogP contribution in [0.25, 0.3) is 0 Å². The van der Waals surface area contributed by atoms with Gasteiger partial charge >= 0.3 is 0 Å². The molecule has 2 saturated carbocycles. The summed E-state index contributed by atoms with van der Waals surface area (Å²) in [5.41, 5.74) is 10.3. The number of rotatable bonds is 6. The molecule has 234 valence electrons. The van der Waals surface area contributed by atoms with Gasteiger partial charge < -0.3 is 21.1 Å². The molecule has 2 aliphatic carbocycles. The molecule has 5 aliphatic rings. The van der Waals surface area contributed by atoms with Crippen molar-refractivity contribution in [1.29, 1.82) is 0 Å². The summed E-state index contributed by atoms with van der Waals surface area (Å²) in [5.74, 6) is 0.898. The van der Waals surface area contributed by atoms with Crippen molar-refractivity contribution in [2.75, 3.05) is 19.3 Å². The molecule has 0 aromatic rings. The van der Waals surface area contributed by atoms with Crippen LogP contribution in [0.5, 0.6) is 0 Å². The Labute approximate surface area is 256 Å². The second kappa shape index (κ2) is 15.7. The SMILES string of the molecule is CC.CCCC1NN(C2CCC(C3CC3)C(F)C2O)C2CCN(C(=O)C3CNC(Br)C(C)C3N)C(CC)C12.CS. The van der Waals surface area contributed by atoms with Gasteiger partial charge in [-0.3, -0.25) is 10.2 Å². The molecule has 12 atom stereocenters. The number of carbonyl (C=O) groups is 1. The molecule has 0 aromatic carbocycles. The largest absolute Gasteiger partial charge is 0.388 e. The van der Waals surface area contributed by atoms with Gasteiger partial charge in [-0.15, -0.1) is 0 Å². The number of amides is 1. The Hall–Kier alpha value is 0.0300. The Morgan fingerprint density at radius 3 is 2.40 bits per heavy atom. The molecule has 3 saturated heterocycles. The number of nitrogens with zero attached hydrogens (tertiary/aromatic N) is 2. The first kappa shape index (κ1) is 34.5. The summed E-state index contributed by atoms with van der Waals surface area (Å²) in [4.78, 5) is 16.1. The molecule has 5 fully saturated rings. The van der Waals surface area contributed by atoms with E-state index in [0.29, 0.717) is 19.0 Å². The monoisotopic (exact) mass is 649 g/mol. The topological polar surface area (TPSA) is 93.9 Å². The summed E-state index contributed by atoms with van der Waals surface area (Å²) in [6.07, 6.45) is 7.34. The van der Waals surface area contributed by atoms with Crippen LogP contribution in [-0.4, -0.2) is 87.7 Å². The number of hydrogen-bond acceptors (Lipinski definition) is 7. The molecule has 5 rings (SSSR count). The average Bonchev–Trinajstić information content (AvgIpc) is 3.76. The van der Waals surface area contributed by atoms with Crippen molar-refractivity contribution in [1.82, 2.24) is 20.7 Å². The van der Waals surface area contributed by atoms with E-state index in [4.69, 9.17) is 5.73 Å². The minimum atomic E-state index is -1.13. The third-order valence-electron chi connectivity index (χ3n) is 10.3. The van der Waals surface area contributed by atoms with Gasteiger partial charge in [0, 0.05) is 43.2 Å². The second-order valence-electron chi connectivity index (χ2n) is 12.3. The lowest BCUT2D eigenvalue weighted by Gasteiger charge is -2.49. The van der Waals surface area contributed by atoms with Gasteiger partial charge in [0.15, 0.2) is 0 Å². The number of aliphatic hydroxyl groups excluding tert-OH is 1. The van der Waals surface area contributed by atoms with Gasteiger partial charge in [-0.1, -0.05) is 57.0 Å². The molecule has 5 N–H and O–H groups in total. The van der Waals surface area contributed by atoms with E-state index in [2.05, 4.69) is 70.0 Å². The maximum atomic E-state index is 15.3. The number of thiol groups is 1. The van der Waals surface area contributed by atoms with E-state index in [0.717, 1.165) is 51.4 Å². The van der Waals surface area contributed by atoms with Crippen LogP contribution in [0.1, 0.15) is 86.0 Å². The normalized spacial score (nSPS) is 43.6. The lowest BCUT2D eigenvalue weighted by Crippen LogP contribution is -2.64. The number of hydrazine groups is 1. The molecule has 10 heteroatoms. The van der Waals surface area contributed by atoms with Crippen LogP contribution in [0.3, 0.4) is 0 Å². The highest BCUT2D eigenvalue weighted by Gasteiger charge is 2.56. The van der Waals surface area contributed by atoms with E-state index < -0.39 is 12.3 Å². The Bertz CT molecular complexity index is 797. The summed E-state index contributed by atoms with van der Waals surface area (Å²) in [6.45, 7) is 11.8. The van der Waals surface area contributed by atoms with Gasteiger partial charge in [0.1, 0.15) is 12.3 Å². The Morgan fingerprint density at radius 1 is 1.12 bits per heavy atom. The summed E-state index contributed by atoms with van der Waals surface area (Å²) in [5, 5.41) is 16.8. The Morgan fingerprint density at radius 2 is 1.80 bits per heavy atom. The van der Waals surface area contributed by atoms with Crippen LogP contribution in [0, 0.1) is 29.6 Å². The van der Waals surface area contributed by atoms with Crippen molar-refractivity contribution in [2.45, 2.75) is 133 Å². The lowest BCUT2D eigenvalue weighted by atomic mass is 9.75. The van der Waals surface area contributed by atoms with Crippen molar-refractivity contribution < 1.29 is 14.3 Å². The van der Waals surface area contributed by atoms with Crippen LogP contribution >= 0.6 is 28.6 Å². The molecule has 3 heterocycles. The van der Waals surface area contributed by atoms with Gasteiger partial charge in [-0.25, -0.2) is 9.40 Å². The third kappa shape index (κ3) is 6.88. The summed E-state index contributed by atoms with van der Waals surface area (Å²) >= 11 is 7.17. The highest BCUT2D eigenvalue weighted by molar-refractivity contribution is 9.09. The number of carbonyl (C=O) groups excluding carboxylic acids is 1. The molecule has 0 spiro atoms. The van der Waals surface area contributed by atoms with Crippen LogP contribution in [-0.2, 0) is 4.79 Å². The van der Waals surface area contributed by atoms with Crippen molar-refractivity contribution in [2.24, 2.45) is 35.3 Å². The van der Waals surface area contributed by atoms with E-state index >= 15 is 4.39 Å². The van der Waals surface area contributed by atoms with Crippen molar-refractivity contribution in [3.63, 3.8) is 0 Å². The fourth-order valence-electron chi connectivity index (χ4n) is 8.07. The van der Waals surface area contributed by atoms with Crippen LogP contribution in [0.15, 0.2) is 0 Å². The third-order valence-corrected chi connectivity index (χ3v) is 11.4. The summed E-state index contributed by atoms with van der Waals surface area (Å²) in [7, 11) is 0. The van der Waals surface area contributed by atoms with E-state index in [1.54, 1.807) is 6.26 Å². The predicted octanol–water partition coefficient (Wildman–Crippen LogP) is 4.33. The number of nitrogens with two attached hydrogens (primary N) is 1. The fraction of sp³-hybridized carbons (Fsp3) is 0.967. The van der Waals surface area contributed by atoms with E-state index in [-0.39, 0.29) is 64.7 Å². The number of halogens is 2. The van der Waals surface area contributed by atoms with Gasteiger partial charge in [-0.05, 0) is 69.0 Å². The first-order valence-corrected chi connectivity index (χ1v) is 17.8. The van der Waals surface area contributed by atoms with Crippen LogP contribution in [0.4, 0.5) is 4.39 Å². The summed E-state index contributed by atoms with van der Waals surface area (Å²) < 4.78 is 15.3. The second-order valence-corrected chi connectivity index (χ2v) is 13.3. The van der Waals surface area contributed by atoms with Gasteiger partial charge in [-0.2, -0.15) is 12.6 Å². The minimum Gasteiger partial charge on any atom is -0.388 e. The molecule has 12 unspecified atom stereocenters. The molecular weight excluding hydrogens is 593 g/mol. The highest BCUT2D eigenvalue weighted by Crippen LogP contribution is 2.48. The van der Waals surface area contributed by atoms with Crippen molar-refractivity contribution in [3.05, 3.63) is 0 Å². The van der Waals surface area contributed by atoms with Crippen LogP contribution in [0.2, 0.25) is 0 Å². The smallest absolute Gasteiger partial charge is 0.228 e. The number of nitrogens with one attached hydrogen (secondary N) is 2. The molecule has 1 amide bonds. The first-order chi connectivity index (χ1) is 19.3. The maximum absolute atomic E-state index is 15.3. The maximum Gasteiger partial charge on any atom is 0.228 e. The van der Waals surface area contributed by atoms with Crippen LogP contribution < -0.4 is 16.5 Å². The van der Waals surface area contributed by atoms with Gasteiger partial charge in [0.25, 0.3) is 0 Å². The van der Waals surface area contributed by atoms with Gasteiger partial charge in [0.2, 0.25) is 5.91 Å². The molecular formula is C30H57BrFN5O2S. The fourth-order valence-corrected chi connectivity index (χ4v) is 8.61. The summed E-state index contributed by atoms with van der Waals surface area (Å²) in [6, 6.07) is 0.188.